The highest BCUT2D eigenvalue weighted by atomic mass is 16.2. The van der Waals surface area contributed by atoms with E-state index in [1.165, 1.54) is 24.9 Å². The molecule has 29 heavy (non-hydrogen) atoms. The standard InChI is InChI=1S/C22H23N5O2/c1-14(2)16-4-6-20(7-5-16)27-22-23-12-17(13-24-22)21(29)26-19-10-8-18(9-11-19)25-15(3)28/h4-14H,1-3H3,(H,25,28)(H,26,29)(H,23,24,27). The fourth-order valence-corrected chi connectivity index (χ4v) is 2.63. The van der Waals surface area contributed by atoms with Gasteiger partial charge in [-0.25, -0.2) is 9.97 Å². The molecule has 0 radical (unpaired) electrons. The van der Waals surface area contributed by atoms with E-state index >= 15 is 0 Å². The molecular weight excluding hydrogens is 366 g/mol. The topological polar surface area (TPSA) is 96.0 Å². The summed E-state index contributed by atoms with van der Waals surface area (Å²) >= 11 is 0. The molecule has 0 fully saturated rings. The number of nitrogens with zero attached hydrogens (tertiary/aromatic N) is 2. The molecule has 0 spiro atoms. The molecule has 0 aliphatic carbocycles. The molecule has 2 amide bonds. The lowest BCUT2D eigenvalue weighted by atomic mass is 10.0. The quantitative estimate of drug-likeness (QED) is 0.575. The molecular formula is C22H23N5O2. The van der Waals surface area contributed by atoms with Crippen LogP contribution in [0.4, 0.5) is 23.0 Å². The first-order valence-corrected chi connectivity index (χ1v) is 9.29. The fraction of sp³-hybridized carbons (Fsp3) is 0.182. The third-order valence-corrected chi connectivity index (χ3v) is 4.21. The van der Waals surface area contributed by atoms with Crippen molar-refractivity contribution in [1.29, 1.82) is 0 Å². The van der Waals surface area contributed by atoms with Crippen molar-refractivity contribution >= 4 is 34.8 Å². The molecule has 0 unspecified atom stereocenters. The molecule has 0 saturated heterocycles. The van der Waals surface area contributed by atoms with Crippen LogP contribution in [0.2, 0.25) is 0 Å². The van der Waals surface area contributed by atoms with Crippen molar-refractivity contribution in [3.8, 4) is 0 Å². The van der Waals surface area contributed by atoms with E-state index in [-0.39, 0.29) is 11.8 Å². The number of rotatable bonds is 6. The van der Waals surface area contributed by atoms with E-state index in [2.05, 4.69) is 51.9 Å². The summed E-state index contributed by atoms with van der Waals surface area (Å²) in [7, 11) is 0. The Morgan fingerprint density at radius 2 is 1.31 bits per heavy atom. The summed E-state index contributed by atoms with van der Waals surface area (Å²) in [6, 6.07) is 14.9. The van der Waals surface area contributed by atoms with Gasteiger partial charge in [0.05, 0.1) is 5.56 Å². The van der Waals surface area contributed by atoms with E-state index in [0.29, 0.717) is 28.8 Å². The number of carbonyl (C=O) groups excluding carboxylic acids is 2. The summed E-state index contributed by atoms with van der Waals surface area (Å²) in [4.78, 5) is 31.8. The first kappa shape index (κ1) is 20.0. The van der Waals surface area contributed by atoms with Crippen LogP contribution in [0.3, 0.4) is 0 Å². The average Bonchev–Trinajstić information content (AvgIpc) is 2.70. The second kappa shape index (κ2) is 8.97. The van der Waals surface area contributed by atoms with E-state index < -0.39 is 0 Å². The van der Waals surface area contributed by atoms with Gasteiger partial charge >= 0.3 is 0 Å². The maximum Gasteiger partial charge on any atom is 0.258 e. The van der Waals surface area contributed by atoms with Crippen molar-refractivity contribution in [2.24, 2.45) is 0 Å². The van der Waals surface area contributed by atoms with Gasteiger partial charge in [-0.05, 0) is 47.9 Å². The van der Waals surface area contributed by atoms with Crippen LogP contribution in [-0.2, 0) is 4.79 Å². The normalized spacial score (nSPS) is 10.5. The molecule has 0 atom stereocenters. The maximum absolute atomic E-state index is 12.4. The molecule has 3 aromatic rings. The Morgan fingerprint density at radius 1 is 0.793 bits per heavy atom. The molecule has 2 aromatic carbocycles. The molecule has 7 heteroatoms. The molecule has 0 aliphatic rings. The van der Waals surface area contributed by atoms with Crippen molar-refractivity contribution in [1.82, 2.24) is 9.97 Å². The highest BCUT2D eigenvalue weighted by Crippen LogP contribution is 2.19. The van der Waals surface area contributed by atoms with E-state index in [1.807, 2.05) is 12.1 Å². The molecule has 3 rings (SSSR count). The molecule has 148 valence electrons. The van der Waals surface area contributed by atoms with Crippen LogP contribution in [0.5, 0.6) is 0 Å². The Balaban J connectivity index is 1.60. The van der Waals surface area contributed by atoms with Crippen LogP contribution in [0.1, 0.15) is 42.6 Å². The van der Waals surface area contributed by atoms with Gasteiger partial charge in [0.1, 0.15) is 0 Å². The number of carbonyl (C=O) groups is 2. The zero-order valence-corrected chi connectivity index (χ0v) is 16.6. The van der Waals surface area contributed by atoms with Crippen molar-refractivity contribution in [3.05, 3.63) is 72.1 Å². The first-order valence-electron chi connectivity index (χ1n) is 9.29. The predicted octanol–water partition coefficient (Wildman–Crippen LogP) is 4.55. The van der Waals surface area contributed by atoms with Crippen LogP contribution >= 0.6 is 0 Å². The van der Waals surface area contributed by atoms with Crippen molar-refractivity contribution in [2.45, 2.75) is 26.7 Å². The zero-order valence-electron chi connectivity index (χ0n) is 16.6. The minimum absolute atomic E-state index is 0.150. The highest BCUT2D eigenvalue weighted by Gasteiger charge is 2.08. The molecule has 7 nitrogen and oxygen atoms in total. The van der Waals surface area contributed by atoms with E-state index in [0.717, 1.165) is 5.69 Å². The Bertz CT molecular complexity index is 981. The van der Waals surface area contributed by atoms with E-state index in [1.54, 1.807) is 24.3 Å². The van der Waals surface area contributed by atoms with Gasteiger partial charge < -0.3 is 16.0 Å². The number of hydrogen-bond acceptors (Lipinski definition) is 5. The molecule has 3 N–H and O–H groups in total. The highest BCUT2D eigenvalue weighted by molar-refractivity contribution is 6.04. The SMILES string of the molecule is CC(=O)Nc1ccc(NC(=O)c2cnc(Nc3ccc(C(C)C)cc3)nc2)cc1. The third kappa shape index (κ3) is 5.62. The van der Waals surface area contributed by atoms with Gasteiger partial charge in [-0.2, -0.15) is 0 Å². The molecule has 0 saturated carbocycles. The summed E-state index contributed by atoms with van der Waals surface area (Å²) in [5, 5.41) is 8.56. The van der Waals surface area contributed by atoms with Gasteiger partial charge in [0.2, 0.25) is 11.9 Å². The van der Waals surface area contributed by atoms with Crippen LogP contribution in [0.25, 0.3) is 0 Å². The second-order valence-corrected chi connectivity index (χ2v) is 6.91. The van der Waals surface area contributed by atoms with Gasteiger partial charge in [-0.3, -0.25) is 9.59 Å². The van der Waals surface area contributed by atoms with E-state index in [9.17, 15) is 9.59 Å². The summed E-state index contributed by atoms with van der Waals surface area (Å²) in [6.45, 7) is 5.73. The third-order valence-electron chi connectivity index (χ3n) is 4.21. The molecule has 0 bridgehead atoms. The molecule has 1 heterocycles. The van der Waals surface area contributed by atoms with Crippen molar-refractivity contribution in [3.63, 3.8) is 0 Å². The fourth-order valence-electron chi connectivity index (χ4n) is 2.63. The lowest BCUT2D eigenvalue weighted by molar-refractivity contribution is -0.114. The Kier molecular flexibility index (Phi) is 6.19. The smallest absolute Gasteiger partial charge is 0.258 e. The van der Waals surface area contributed by atoms with Gasteiger partial charge in [-0.15, -0.1) is 0 Å². The van der Waals surface area contributed by atoms with Crippen molar-refractivity contribution in [2.75, 3.05) is 16.0 Å². The number of amides is 2. The number of nitrogens with one attached hydrogen (secondary N) is 3. The Morgan fingerprint density at radius 3 is 1.83 bits per heavy atom. The zero-order chi connectivity index (χ0) is 20.8. The maximum atomic E-state index is 12.4. The second-order valence-electron chi connectivity index (χ2n) is 6.91. The number of aromatic nitrogens is 2. The average molecular weight is 389 g/mol. The van der Waals surface area contributed by atoms with Crippen LogP contribution < -0.4 is 16.0 Å². The minimum Gasteiger partial charge on any atom is -0.326 e. The van der Waals surface area contributed by atoms with Crippen LogP contribution in [-0.4, -0.2) is 21.8 Å². The van der Waals surface area contributed by atoms with Gasteiger partial charge in [0, 0.05) is 36.4 Å². The minimum atomic E-state index is -0.315. The first-order chi connectivity index (χ1) is 13.9. The van der Waals surface area contributed by atoms with Gasteiger partial charge in [-0.1, -0.05) is 26.0 Å². The summed E-state index contributed by atoms with van der Waals surface area (Å²) in [6.07, 6.45) is 2.94. The number of benzene rings is 2. The van der Waals surface area contributed by atoms with Crippen LogP contribution in [0.15, 0.2) is 60.9 Å². The summed E-state index contributed by atoms with van der Waals surface area (Å²) < 4.78 is 0. The lowest BCUT2D eigenvalue weighted by Gasteiger charge is -2.09. The Labute approximate surface area is 169 Å². The molecule has 1 aromatic heterocycles. The van der Waals surface area contributed by atoms with Gasteiger partial charge in [0.15, 0.2) is 0 Å². The van der Waals surface area contributed by atoms with E-state index in [4.69, 9.17) is 0 Å². The van der Waals surface area contributed by atoms with Gasteiger partial charge in [0.25, 0.3) is 5.91 Å². The molecule has 0 aliphatic heterocycles. The predicted molar refractivity (Wildman–Crippen MR) is 115 cm³/mol. The summed E-state index contributed by atoms with van der Waals surface area (Å²) in [5.41, 5.74) is 3.75. The Hall–Kier alpha value is -3.74. The summed E-state index contributed by atoms with van der Waals surface area (Å²) in [5.74, 6) is 0.423. The largest absolute Gasteiger partial charge is 0.326 e. The van der Waals surface area contributed by atoms with Crippen molar-refractivity contribution < 1.29 is 9.59 Å². The lowest BCUT2D eigenvalue weighted by Crippen LogP contribution is -2.13. The number of hydrogen-bond donors (Lipinski definition) is 3. The number of anilines is 4. The monoisotopic (exact) mass is 389 g/mol. The van der Waals surface area contributed by atoms with Crippen LogP contribution in [0, 0.1) is 0 Å².